The minimum atomic E-state index is 0. The minimum Gasteiger partial charge on any atom is -1.00 e. The summed E-state index contributed by atoms with van der Waals surface area (Å²) in [6.07, 6.45) is 44.3. The second-order valence-corrected chi connectivity index (χ2v) is 17.4. The Labute approximate surface area is 433 Å². The van der Waals surface area contributed by atoms with Gasteiger partial charge in [0.25, 0.3) is 0 Å². The van der Waals surface area contributed by atoms with Crippen LogP contribution in [0.25, 0.3) is 0 Å². The summed E-state index contributed by atoms with van der Waals surface area (Å²) in [4.78, 5) is 0. The van der Waals surface area contributed by atoms with Gasteiger partial charge in [0.05, 0.1) is 0 Å². The zero-order valence-corrected chi connectivity index (χ0v) is 48.6. The predicted molar refractivity (Wildman–Crippen MR) is 260 cm³/mol. The molecule has 0 saturated carbocycles. The van der Waals surface area contributed by atoms with Gasteiger partial charge in [0, 0.05) is 51.7 Å². The molecular weight excluding hydrogens is 1160 g/mol. The van der Waals surface area contributed by atoms with Crippen molar-refractivity contribution in [1.82, 2.24) is 0 Å². The van der Waals surface area contributed by atoms with E-state index in [1.807, 2.05) is 0 Å². The molecule has 4 aliphatic rings. The SMILES string of the molecule is CCCC1=[C-]CC=C1.CCCC1=[C-]CC=C1.CCCC1=[C-]CC=C1.CCCC1=[C-]CC=C1.[Cl-].[Cl-].[Hf].[Hf].c1ccc([SiH]c2ccccc2)cc1.c1ccc([SiH]c2ccccc2)cc1. The number of hydrogen-bond acceptors (Lipinski definition) is 0. The maximum atomic E-state index is 3.26. The van der Waals surface area contributed by atoms with Crippen LogP contribution in [0.2, 0.25) is 0 Å². The zero-order valence-electron chi connectivity index (χ0n) is 37.6. The Bertz CT molecular complexity index is 1620. The fourth-order valence-electron chi connectivity index (χ4n) is 6.15. The van der Waals surface area contributed by atoms with Crippen molar-refractivity contribution in [2.45, 2.75) is 105 Å². The van der Waals surface area contributed by atoms with Crippen molar-refractivity contribution in [2.75, 3.05) is 0 Å². The first kappa shape index (κ1) is 61.6. The molecule has 0 unspecified atom stereocenters. The molecule has 4 aromatic rings. The van der Waals surface area contributed by atoms with Crippen molar-refractivity contribution in [3.05, 3.63) is 217 Å². The third-order valence-electron chi connectivity index (χ3n) is 9.01. The number of rotatable bonds is 12. The van der Waals surface area contributed by atoms with Crippen LogP contribution >= 0.6 is 0 Å². The monoisotopic (exact) mass is 1220 g/mol. The van der Waals surface area contributed by atoms with Crippen LogP contribution < -0.4 is 45.6 Å². The molecule has 62 heavy (non-hydrogen) atoms. The largest absolute Gasteiger partial charge is 1.00 e. The Hall–Kier alpha value is -2.45. The third-order valence-corrected chi connectivity index (χ3v) is 11.9. The molecule has 0 aromatic heterocycles. The van der Waals surface area contributed by atoms with Gasteiger partial charge < -0.3 is 24.8 Å². The van der Waals surface area contributed by atoms with Gasteiger partial charge in [-0.05, 0) is 0 Å². The van der Waals surface area contributed by atoms with E-state index in [4.69, 9.17) is 0 Å². The van der Waals surface area contributed by atoms with Crippen molar-refractivity contribution < 1.29 is 76.5 Å². The summed E-state index contributed by atoms with van der Waals surface area (Å²) in [6.45, 7) is 8.78. The Balaban J connectivity index is 0. The Morgan fingerprint density at radius 1 is 0.339 bits per heavy atom. The fourth-order valence-corrected chi connectivity index (χ4v) is 8.58. The zero-order chi connectivity index (χ0) is 41.1. The quantitative estimate of drug-likeness (QED) is 0.120. The van der Waals surface area contributed by atoms with Crippen molar-refractivity contribution in [3.63, 3.8) is 0 Å². The first-order valence-corrected chi connectivity index (χ1v) is 23.9. The van der Waals surface area contributed by atoms with Crippen LogP contribution in [0.3, 0.4) is 0 Å². The molecule has 0 spiro atoms. The smallest absolute Gasteiger partial charge is 0.103 e. The predicted octanol–water partition coefficient (Wildman–Crippen LogP) is 6.05. The van der Waals surface area contributed by atoms with Gasteiger partial charge in [-0.25, -0.2) is 46.6 Å². The summed E-state index contributed by atoms with van der Waals surface area (Å²) in [7, 11) is 0.543. The van der Waals surface area contributed by atoms with Crippen LogP contribution in [-0.2, 0) is 51.7 Å². The number of benzene rings is 4. The van der Waals surface area contributed by atoms with Crippen LogP contribution in [0.1, 0.15) is 105 Å². The maximum absolute atomic E-state index is 3.26. The van der Waals surface area contributed by atoms with E-state index in [0.717, 1.165) is 25.7 Å². The molecular formula is C56H66Cl2Hf2Si2-6. The molecule has 0 atom stereocenters. The molecule has 0 saturated heterocycles. The van der Waals surface area contributed by atoms with Crippen molar-refractivity contribution in [3.8, 4) is 0 Å². The number of halogens is 2. The van der Waals surface area contributed by atoms with E-state index in [1.165, 1.54) is 94.4 Å². The average molecular weight is 1220 g/mol. The summed E-state index contributed by atoms with van der Waals surface area (Å²) in [5.41, 5.74) is 5.58. The third kappa shape index (κ3) is 30.6. The summed E-state index contributed by atoms with van der Waals surface area (Å²) in [5, 5.41) is 5.81. The van der Waals surface area contributed by atoms with E-state index >= 15 is 0 Å². The molecule has 0 heterocycles. The summed E-state index contributed by atoms with van der Waals surface area (Å²) in [5.74, 6) is 0. The topological polar surface area (TPSA) is 0 Å². The molecule has 2 radical (unpaired) electrons. The minimum absolute atomic E-state index is 0. The van der Waals surface area contributed by atoms with Crippen LogP contribution in [-0.4, -0.2) is 19.0 Å². The molecule has 0 nitrogen and oxygen atoms in total. The second kappa shape index (κ2) is 42.5. The van der Waals surface area contributed by atoms with Crippen LogP contribution in [0, 0.1) is 24.3 Å². The molecule has 0 fully saturated rings. The van der Waals surface area contributed by atoms with Gasteiger partial charge in [-0.1, -0.05) is 221 Å². The van der Waals surface area contributed by atoms with E-state index in [-0.39, 0.29) is 95.5 Å². The van der Waals surface area contributed by atoms with Gasteiger partial charge in [0.2, 0.25) is 0 Å². The first-order valence-electron chi connectivity index (χ1n) is 21.6. The van der Waals surface area contributed by atoms with Crippen LogP contribution in [0.15, 0.2) is 192 Å². The number of allylic oxidation sites excluding steroid dienone is 16. The maximum Gasteiger partial charge on any atom is 0.103 e. The Morgan fingerprint density at radius 2 is 0.532 bits per heavy atom. The number of hydrogen-bond donors (Lipinski definition) is 0. The molecule has 0 N–H and O–H groups in total. The molecule has 6 heteroatoms. The van der Waals surface area contributed by atoms with Gasteiger partial charge in [-0.2, -0.15) is 24.3 Å². The van der Waals surface area contributed by atoms with Gasteiger partial charge >= 0.3 is 0 Å². The van der Waals surface area contributed by atoms with Gasteiger partial charge in [0.15, 0.2) is 0 Å². The molecule has 326 valence electrons. The van der Waals surface area contributed by atoms with E-state index in [0.29, 0.717) is 0 Å². The standard InChI is InChI=1S/2C12H11Si.4C8H11.2ClH.2Hf/c2*1-3-7-11(8-4-1)13-12-9-5-2-6-10-12;4*1-2-5-8-6-3-4-7-8;;;;/h2*1-10,13H;4*3,6H,2,4-5H2,1H3;2*1H;;/q;;4*-1;;;;/p-2. The van der Waals surface area contributed by atoms with E-state index in [9.17, 15) is 0 Å². The van der Waals surface area contributed by atoms with Crippen LogP contribution in [0.5, 0.6) is 0 Å². The van der Waals surface area contributed by atoms with Crippen molar-refractivity contribution in [2.24, 2.45) is 0 Å². The molecule has 0 amide bonds. The Morgan fingerprint density at radius 3 is 0.677 bits per heavy atom. The van der Waals surface area contributed by atoms with E-state index in [2.05, 4.69) is 222 Å². The summed E-state index contributed by atoms with van der Waals surface area (Å²) >= 11 is 0. The van der Waals surface area contributed by atoms with Gasteiger partial charge in [0.1, 0.15) is 19.0 Å². The summed E-state index contributed by atoms with van der Waals surface area (Å²) in [6, 6.07) is 42.6. The Kier molecular flexibility index (Phi) is 42.3. The van der Waals surface area contributed by atoms with Gasteiger partial charge in [-0.15, -0.1) is 25.7 Å². The molecule has 4 aromatic carbocycles. The second-order valence-electron chi connectivity index (χ2n) is 14.2. The van der Waals surface area contributed by atoms with Gasteiger partial charge in [-0.3, -0.25) is 24.3 Å². The molecule has 4 aliphatic carbocycles. The van der Waals surface area contributed by atoms with Crippen molar-refractivity contribution in [1.29, 1.82) is 0 Å². The molecule has 0 aliphatic heterocycles. The molecule has 8 rings (SSSR count). The average Bonchev–Trinajstić information content (AvgIpc) is 4.13. The van der Waals surface area contributed by atoms with Crippen LogP contribution in [0.4, 0.5) is 0 Å². The fraction of sp³-hybridized carbons (Fsp3) is 0.286. The van der Waals surface area contributed by atoms with E-state index < -0.39 is 0 Å². The molecule has 0 bridgehead atoms. The van der Waals surface area contributed by atoms with Crippen molar-refractivity contribution >= 4 is 39.8 Å². The summed E-state index contributed by atoms with van der Waals surface area (Å²) < 4.78 is 0. The van der Waals surface area contributed by atoms with E-state index in [1.54, 1.807) is 0 Å². The normalized spacial score (nSPS) is 12.8. The first-order chi connectivity index (χ1) is 28.6.